The minimum Gasteiger partial charge on any atom is -0.473 e. The van der Waals surface area contributed by atoms with Crippen molar-refractivity contribution in [1.29, 1.82) is 0 Å². The number of thioether (sulfide) groups is 1. The predicted molar refractivity (Wildman–Crippen MR) is 83.0 cm³/mol. The van der Waals surface area contributed by atoms with E-state index < -0.39 is 0 Å². The number of carbonyl (C=O) groups excluding carboxylic acids is 1. The Morgan fingerprint density at radius 3 is 3.00 bits per heavy atom. The number of hydrogen-bond acceptors (Lipinski definition) is 5. The van der Waals surface area contributed by atoms with Crippen LogP contribution in [0.5, 0.6) is 5.88 Å². The fourth-order valence-electron chi connectivity index (χ4n) is 3.02. The molecule has 2 fully saturated rings. The number of rotatable bonds is 3. The van der Waals surface area contributed by atoms with Crippen LogP contribution in [0.3, 0.4) is 0 Å². The molecule has 0 saturated carbocycles. The number of H-pyrrole nitrogens is 1. The molecule has 1 N–H and O–H groups in total. The minimum atomic E-state index is 0.0258. The summed E-state index contributed by atoms with van der Waals surface area (Å²) in [4.78, 5) is 18.3. The Balaban J connectivity index is 1.33. The molecule has 4 rings (SSSR count). The first-order valence-corrected chi connectivity index (χ1v) is 8.23. The number of likely N-dealkylation sites (tertiary alicyclic amines) is 1. The summed E-state index contributed by atoms with van der Waals surface area (Å²) >= 11 is 1.90. The lowest BCUT2D eigenvalue weighted by atomic mass is 9.92. The first-order chi connectivity index (χ1) is 10.7. The molecule has 1 amide bonds. The van der Waals surface area contributed by atoms with Crippen molar-refractivity contribution in [3.05, 3.63) is 42.4 Å². The lowest BCUT2D eigenvalue weighted by Crippen LogP contribution is -2.60. The van der Waals surface area contributed by atoms with Crippen molar-refractivity contribution >= 4 is 17.7 Å². The average Bonchev–Trinajstić information content (AvgIpc) is 3.16. The highest BCUT2D eigenvalue weighted by molar-refractivity contribution is 8.01. The lowest BCUT2D eigenvalue weighted by molar-refractivity contribution is 0.0510. The highest BCUT2D eigenvalue weighted by atomic mass is 32.2. The number of aromatic amines is 1. The van der Waals surface area contributed by atoms with E-state index >= 15 is 0 Å². The topological polar surface area (TPSA) is 71.1 Å². The summed E-state index contributed by atoms with van der Waals surface area (Å²) < 4.78 is 6.07. The van der Waals surface area contributed by atoms with Crippen molar-refractivity contribution in [2.45, 2.75) is 17.3 Å². The van der Waals surface area contributed by atoms with E-state index in [1.165, 1.54) is 0 Å². The van der Waals surface area contributed by atoms with Gasteiger partial charge in [-0.25, -0.2) is 4.98 Å². The summed E-state index contributed by atoms with van der Waals surface area (Å²) in [5, 5.41) is 6.55. The predicted octanol–water partition coefficient (Wildman–Crippen LogP) is 1.58. The summed E-state index contributed by atoms with van der Waals surface area (Å²) in [6.07, 6.45) is 4.47. The van der Waals surface area contributed by atoms with Crippen LogP contribution in [0.2, 0.25) is 0 Å². The molecular weight excluding hydrogens is 300 g/mol. The van der Waals surface area contributed by atoms with Crippen molar-refractivity contribution < 1.29 is 9.53 Å². The summed E-state index contributed by atoms with van der Waals surface area (Å²) in [7, 11) is 0. The van der Waals surface area contributed by atoms with Gasteiger partial charge in [0.15, 0.2) is 0 Å². The van der Waals surface area contributed by atoms with Crippen LogP contribution in [0.25, 0.3) is 0 Å². The number of pyridine rings is 1. The quantitative estimate of drug-likeness (QED) is 0.931. The van der Waals surface area contributed by atoms with E-state index in [0.29, 0.717) is 11.6 Å². The second-order valence-corrected chi connectivity index (χ2v) is 7.23. The van der Waals surface area contributed by atoms with Gasteiger partial charge >= 0.3 is 0 Å². The molecule has 2 saturated heterocycles. The summed E-state index contributed by atoms with van der Waals surface area (Å²) in [6.45, 7) is 1.55. The van der Waals surface area contributed by atoms with Gasteiger partial charge in [0.2, 0.25) is 5.88 Å². The van der Waals surface area contributed by atoms with Gasteiger partial charge in [0.1, 0.15) is 11.8 Å². The first kappa shape index (κ1) is 13.6. The Bertz CT molecular complexity index is 655. The zero-order valence-corrected chi connectivity index (χ0v) is 12.8. The molecule has 2 aromatic rings. The van der Waals surface area contributed by atoms with E-state index in [0.717, 1.165) is 25.3 Å². The second kappa shape index (κ2) is 5.31. The van der Waals surface area contributed by atoms with Crippen molar-refractivity contribution in [2.75, 3.05) is 18.8 Å². The zero-order valence-electron chi connectivity index (χ0n) is 11.9. The van der Waals surface area contributed by atoms with Crippen LogP contribution >= 0.6 is 11.8 Å². The number of aromatic nitrogens is 3. The van der Waals surface area contributed by atoms with Gasteiger partial charge in [0, 0.05) is 43.7 Å². The molecule has 22 heavy (non-hydrogen) atoms. The Labute approximate surface area is 132 Å². The van der Waals surface area contributed by atoms with Crippen LogP contribution < -0.4 is 4.74 Å². The highest BCUT2D eigenvalue weighted by Crippen LogP contribution is 2.46. The van der Waals surface area contributed by atoms with Crippen LogP contribution in [0.4, 0.5) is 0 Å². The van der Waals surface area contributed by atoms with Crippen molar-refractivity contribution in [2.24, 2.45) is 0 Å². The van der Waals surface area contributed by atoms with Gasteiger partial charge in [-0.15, -0.1) is 11.8 Å². The number of carbonyl (C=O) groups is 1. The maximum atomic E-state index is 12.2. The van der Waals surface area contributed by atoms with Crippen LogP contribution in [0.1, 0.15) is 16.9 Å². The summed E-state index contributed by atoms with van der Waals surface area (Å²) in [6, 6.07) is 7.39. The van der Waals surface area contributed by atoms with Crippen molar-refractivity contribution in [3.63, 3.8) is 0 Å². The normalized spacial score (nSPS) is 22.5. The van der Waals surface area contributed by atoms with Crippen LogP contribution in [0.15, 0.2) is 36.7 Å². The minimum absolute atomic E-state index is 0.0258. The molecule has 7 heteroatoms. The molecule has 0 radical (unpaired) electrons. The molecular formula is C15H16N4O2S. The molecule has 1 spiro atoms. The van der Waals surface area contributed by atoms with Gasteiger partial charge in [0.05, 0.1) is 4.75 Å². The maximum absolute atomic E-state index is 12.2. The molecule has 6 nitrogen and oxygen atoms in total. The highest BCUT2D eigenvalue weighted by Gasteiger charge is 2.51. The number of nitrogens with one attached hydrogen (secondary N) is 1. The van der Waals surface area contributed by atoms with Gasteiger partial charge in [-0.2, -0.15) is 5.10 Å². The molecule has 2 aliphatic rings. The molecule has 114 valence electrons. The first-order valence-electron chi connectivity index (χ1n) is 7.24. The Morgan fingerprint density at radius 1 is 1.36 bits per heavy atom. The van der Waals surface area contributed by atoms with E-state index in [1.54, 1.807) is 18.5 Å². The van der Waals surface area contributed by atoms with Crippen LogP contribution in [-0.4, -0.2) is 55.7 Å². The third kappa shape index (κ3) is 2.45. The molecule has 1 atom stereocenters. The monoisotopic (exact) mass is 316 g/mol. The standard InChI is InChI=1S/C15H16N4O2S/c20-14(12-4-6-17-18-12)19-9-15(10-19)7-11(8-22-15)21-13-3-1-2-5-16-13/h1-6,11H,7-10H2,(H,17,18)/t11-/m0/s1. The number of amides is 1. The van der Waals surface area contributed by atoms with Crippen LogP contribution in [-0.2, 0) is 0 Å². The maximum Gasteiger partial charge on any atom is 0.271 e. The third-order valence-electron chi connectivity index (χ3n) is 4.08. The molecule has 2 aliphatic heterocycles. The van der Waals surface area contributed by atoms with Gasteiger partial charge in [-0.05, 0) is 12.1 Å². The summed E-state index contributed by atoms with van der Waals surface area (Å²) in [5.74, 6) is 1.65. The lowest BCUT2D eigenvalue weighted by Gasteiger charge is -2.47. The van der Waals surface area contributed by atoms with Gasteiger partial charge in [0.25, 0.3) is 5.91 Å². The van der Waals surface area contributed by atoms with E-state index in [1.807, 2.05) is 34.9 Å². The average molecular weight is 316 g/mol. The second-order valence-electron chi connectivity index (χ2n) is 5.74. The fraction of sp³-hybridized carbons (Fsp3) is 0.400. The Morgan fingerprint density at radius 2 is 2.27 bits per heavy atom. The van der Waals surface area contributed by atoms with Crippen LogP contribution in [0, 0.1) is 0 Å². The molecule has 2 aromatic heterocycles. The largest absolute Gasteiger partial charge is 0.473 e. The number of nitrogens with zero attached hydrogens (tertiary/aromatic N) is 3. The van der Waals surface area contributed by atoms with Gasteiger partial charge in [-0.3, -0.25) is 9.89 Å². The van der Waals surface area contributed by atoms with Crippen molar-refractivity contribution in [3.8, 4) is 5.88 Å². The molecule has 0 unspecified atom stereocenters. The van der Waals surface area contributed by atoms with E-state index in [-0.39, 0.29) is 16.8 Å². The SMILES string of the molecule is O=C(c1ccn[nH]1)N1CC2(C[C@H](Oc3ccccn3)CS2)C1. The van der Waals surface area contributed by atoms with Gasteiger partial charge in [-0.1, -0.05) is 6.07 Å². The smallest absolute Gasteiger partial charge is 0.271 e. The van der Waals surface area contributed by atoms with Gasteiger partial charge < -0.3 is 9.64 Å². The fourth-order valence-corrected chi connectivity index (χ4v) is 4.55. The number of hydrogen-bond donors (Lipinski definition) is 1. The number of ether oxygens (including phenoxy) is 1. The van der Waals surface area contributed by atoms with E-state index in [4.69, 9.17) is 4.74 Å². The van der Waals surface area contributed by atoms with Crippen molar-refractivity contribution in [1.82, 2.24) is 20.1 Å². The summed E-state index contributed by atoms with van der Waals surface area (Å²) in [5.41, 5.74) is 0.555. The van der Waals surface area contributed by atoms with E-state index in [2.05, 4.69) is 15.2 Å². The third-order valence-corrected chi connectivity index (χ3v) is 5.65. The molecule has 4 heterocycles. The van der Waals surface area contributed by atoms with E-state index in [9.17, 15) is 4.79 Å². The Kier molecular flexibility index (Phi) is 3.29. The zero-order chi connectivity index (χ0) is 15.0. The molecule has 0 aromatic carbocycles. The Hall–Kier alpha value is -2.02. The molecule has 0 bridgehead atoms. The molecule has 0 aliphatic carbocycles.